The Morgan fingerprint density at radius 2 is 1.81 bits per heavy atom. The van der Waals surface area contributed by atoms with Gasteiger partial charge in [0.05, 0.1) is 16.6 Å². The lowest BCUT2D eigenvalue weighted by Gasteiger charge is -2.11. The van der Waals surface area contributed by atoms with Crippen molar-refractivity contribution < 1.29 is 4.79 Å². The van der Waals surface area contributed by atoms with Crippen molar-refractivity contribution in [2.75, 3.05) is 17.2 Å². The maximum Gasteiger partial charge on any atom is 0.243 e. The van der Waals surface area contributed by atoms with Crippen molar-refractivity contribution in [3.8, 4) is 0 Å². The Hall–Kier alpha value is -1.71. The third-order valence-electron chi connectivity index (χ3n) is 3.02. The molecule has 0 radical (unpaired) electrons. The van der Waals surface area contributed by atoms with Crippen LogP contribution >= 0.6 is 23.2 Å². The molecule has 3 nitrogen and oxygen atoms in total. The summed E-state index contributed by atoms with van der Waals surface area (Å²) in [4.78, 5) is 11.9. The molecular weight excluding hydrogens is 307 g/mol. The van der Waals surface area contributed by atoms with Crippen LogP contribution in [-0.2, 0) is 4.79 Å². The predicted molar refractivity (Wildman–Crippen MR) is 89.5 cm³/mol. The molecule has 5 heteroatoms. The molecular formula is C16H16Cl2N2O. The first kappa shape index (κ1) is 15.7. The maximum atomic E-state index is 11.9. The number of carbonyl (C=O) groups is 1. The van der Waals surface area contributed by atoms with E-state index in [0.717, 1.165) is 11.3 Å². The van der Waals surface area contributed by atoms with Crippen molar-refractivity contribution in [3.63, 3.8) is 0 Å². The summed E-state index contributed by atoms with van der Waals surface area (Å²) in [5, 5.41) is 6.76. The summed E-state index contributed by atoms with van der Waals surface area (Å²) < 4.78 is 0. The third kappa shape index (κ3) is 4.38. The predicted octanol–water partition coefficient (Wildman–Crippen LogP) is 4.66. The van der Waals surface area contributed by atoms with Crippen molar-refractivity contribution in [2.24, 2.45) is 0 Å². The minimum absolute atomic E-state index is 0.145. The highest BCUT2D eigenvalue weighted by Gasteiger charge is 2.05. The largest absolute Gasteiger partial charge is 0.376 e. The fourth-order valence-electron chi connectivity index (χ4n) is 1.97. The van der Waals surface area contributed by atoms with E-state index < -0.39 is 0 Å². The van der Waals surface area contributed by atoms with Gasteiger partial charge in [-0.25, -0.2) is 0 Å². The van der Waals surface area contributed by atoms with E-state index in [-0.39, 0.29) is 12.5 Å². The number of hydrogen-bond donors (Lipinski definition) is 2. The van der Waals surface area contributed by atoms with E-state index in [2.05, 4.69) is 16.7 Å². The molecule has 0 saturated heterocycles. The standard InChI is InChI=1S/C16H16Cl2N2O/c1-10-3-6-15(11(2)7-10)19-9-16(21)20-12-4-5-13(17)14(18)8-12/h3-8,19H,9H2,1-2H3,(H,20,21). The van der Waals surface area contributed by atoms with Gasteiger partial charge in [-0.1, -0.05) is 40.9 Å². The van der Waals surface area contributed by atoms with Crippen LogP contribution in [0.1, 0.15) is 11.1 Å². The van der Waals surface area contributed by atoms with Gasteiger partial charge >= 0.3 is 0 Å². The minimum Gasteiger partial charge on any atom is -0.376 e. The van der Waals surface area contributed by atoms with Crippen LogP contribution in [0.4, 0.5) is 11.4 Å². The molecule has 0 aliphatic heterocycles. The molecule has 0 fully saturated rings. The zero-order valence-electron chi connectivity index (χ0n) is 11.8. The highest BCUT2D eigenvalue weighted by atomic mass is 35.5. The molecule has 0 aliphatic carbocycles. The Bertz CT molecular complexity index is 671. The molecule has 110 valence electrons. The van der Waals surface area contributed by atoms with Gasteiger partial charge < -0.3 is 10.6 Å². The van der Waals surface area contributed by atoms with E-state index in [1.165, 1.54) is 5.56 Å². The molecule has 0 saturated carbocycles. The first-order valence-electron chi connectivity index (χ1n) is 6.52. The average Bonchev–Trinajstić information content (AvgIpc) is 2.42. The van der Waals surface area contributed by atoms with E-state index in [1.54, 1.807) is 18.2 Å². The van der Waals surface area contributed by atoms with Crippen LogP contribution in [0.25, 0.3) is 0 Å². The quantitative estimate of drug-likeness (QED) is 0.859. The van der Waals surface area contributed by atoms with Gasteiger partial charge in [0, 0.05) is 11.4 Å². The molecule has 2 N–H and O–H groups in total. The number of hydrogen-bond acceptors (Lipinski definition) is 2. The highest BCUT2D eigenvalue weighted by Crippen LogP contribution is 2.25. The molecule has 0 aliphatic rings. The molecule has 2 rings (SSSR count). The summed E-state index contributed by atoms with van der Waals surface area (Å²) in [5.74, 6) is -0.145. The number of rotatable bonds is 4. The van der Waals surface area contributed by atoms with Gasteiger partial charge in [0.1, 0.15) is 0 Å². The second kappa shape index (κ2) is 6.83. The zero-order chi connectivity index (χ0) is 15.4. The molecule has 1 amide bonds. The normalized spacial score (nSPS) is 10.3. The van der Waals surface area contributed by atoms with Gasteiger partial charge in [-0.05, 0) is 43.7 Å². The van der Waals surface area contributed by atoms with E-state index in [9.17, 15) is 4.79 Å². The Kier molecular flexibility index (Phi) is 5.10. The van der Waals surface area contributed by atoms with Gasteiger partial charge in [-0.15, -0.1) is 0 Å². The van der Waals surface area contributed by atoms with Crippen molar-refractivity contribution in [1.29, 1.82) is 0 Å². The van der Waals surface area contributed by atoms with Crippen LogP contribution in [0.5, 0.6) is 0 Å². The van der Waals surface area contributed by atoms with Crippen molar-refractivity contribution >= 4 is 40.5 Å². The molecule has 21 heavy (non-hydrogen) atoms. The number of aryl methyl sites for hydroxylation is 2. The molecule has 0 bridgehead atoms. The summed E-state index contributed by atoms with van der Waals surface area (Å²) in [7, 11) is 0. The van der Waals surface area contributed by atoms with Gasteiger partial charge in [0.2, 0.25) is 5.91 Å². The van der Waals surface area contributed by atoms with Crippen LogP contribution in [0, 0.1) is 13.8 Å². The summed E-state index contributed by atoms with van der Waals surface area (Å²) in [6, 6.07) is 11.0. The molecule has 0 heterocycles. The lowest BCUT2D eigenvalue weighted by molar-refractivity contribution is -0.114. The fourth-order valence-corrected chi connectivity index (χ4v) is 2.26. The molecule has 0 atom stereocenters. The second-order valence-corrected chi connectivity index (χ2v) is 5.66. The Balaban J connectivity index is 1.94. The second-order valence-electron chi connectivity index (χ2n) is 4.85. The van der Waals surface area contributed by atoms with Crippen LogP contribution in [0.2, 0.25) is 10.0 Å². The number of amides is 1. The van der Waals surface area contributed by atoms with Gasteiger partial charge in [0.15, 0.2) is 0 Å². The Morgan fingerprint density at radius 1 is 1.05 bits per heavy atom. The lowest BCUT2D eigenvalue weighted by Crippen LogP contribution is -2.22. The monoisotopic (exact) mass is 322 g/mol. The SMILES string of the molecule is Cc1ccc(NCC(=O)Nc2ccc(Cl)c(Cl)c2)c(C)c1. The lowest BCUT2D eigenvalue weighted by atomic mass is 10.1. The van der Waals surface area contributed by atoms with Crippen LogP contribution < -0.4 is 10.6 Å². The smallest absolute Gasteiger partial charge is 0.243 e. The zero-order valence-corrected chi connectivity index (χ0v) is 13.3. The van der Waals surface area contributed by atoms with E-state index in [4.69, 9.17) is 23.2 Å². The topological polar surface area (TPSA) is 41.1 Å². The summed E-state index contributed by atoms with van der Waals surface area (Å²) in [6.07, 6.45) is 0. The highest BCUT2D eigenvalue weighted by molar-refractivity contribution is 6.42. The third-order valence-corrected chi connectivity index (χ3v) is 3.76. The number of anilines is 2. The average molecular weight is 323 g/mol. The van der Waals surface area contributed by atoms with E-state index >= 15 is 0 Å². The summed E-state index contributed by atoms with van der Waals surface area (Å²) in [6.45, 7) is 4.23. The molecule has 2 aromatic rings. The van der Waals surface area contributed by atoms with E-state index in [0.29, 0.717) is 15.7 Å². The molecule has 0 spiro atoms. The molecule has 0 unspecified atom stereocenters. The number of halogens is 2. The van der Waals surface area contributed by atoms with Gasteiger partial charge in [0.25, 0.3) is 0 Å². The first-order chi connectivity index (χ1) is 9.95. The minimum atomic E-state index is -0.145. The fraction of sp³-hybridized carbons (Fsp3) is 0.188. The Labute approximate surface area is 134 Å². The number of benzene rings is 2. The first-order valence-corrected chi connectivity index (χ1v) is 7.27. The number of nitrogens with one attached hydrogen (secondary N) is 2. The molecule has 2 aromatic carbocycles. The Morgan fingerprint density at radius 3 is 2.48 bits per heavy atom. The van der Waals surface area contributed by atoms with Crippen LogP contribution in [0.15, 0.2) is 36.4 Å². The summed E-state index contributed by atoms with van der Waals surface area (Å²) in [5.41, 5.74) is 3.87. The van der Waals surface area contributed by atoms with Gasteiger partial charge in [-0.2, -0.15) is 0 Å². The van der Waals surface area contributed by atoms with E-state index in [1.807, 2.05) is 26.0 Å². The summed E-state index contributed by atoms with van der Waals surface area (Å²) >= 11 is 11.7. The molecule has 0 aromatic heterocycles. The van der Waals surface area contributed by atoms with Crippen LogP contribution in [0.3, 0.4) is 0 Å². The van der Waals surface area contributed by atoms with Crippen molar-refractivity contribution in [2.45, 2.75) is 13.8 Å². The maximum absolute atomic E-state index is 11.9. The van der Waals surface area contributed by atoms with Crippen molar-refractivity contribution in [3.05, 3.63) is 57.6 Å². The van der Waals surface area contributed by atoms with Gasteiger partial charge in [-0.3, -0.25) is 4.79 Å². The van der Waals surface area contributed by atoms with Crippen molar-refractivity contribution in [1.82, 2.24) is 0 Å². The number of carbonyl (C=O) groups excluding carboxylic acids is 1. The van der Waals surface area contributed by atoms with Crippen LogP contribution in [-0.4, -0.2) is 12.5 Å².